The molecular formula is C62H119NO10. The molecule has 9 unspecified atom stereocenters. The van der Waals surface area contributed by atoms with E-state index in [0.717, 1.165) is 38.5 Å². The van der Waals surface area contributed by atoms with Gasteiger partial charge in [0.15, 0.2) is 6.29 Å². The smallest absolute Gasteiger partial charge is 0.249 e. The number of aliphatic hydroxyl groups excluding tert-OH is 7. The molecule has 9 atom stereocenters. The first-order valence-corrected chi connectivity index (χ1v) is 31.2. The van der Waals surface area contributed by atoms with Crippen LogP contribution in [0.5, 0.6) is 0 Å². The first-order valence-electron chi connectivity index (χ1n) is 31.2. The van der Waals surface area contributed by atoms with Crippen molar-refractivity contribution in [1.29, 1.82) is 0 Å². The number of ether oxygens (including phenoxy) is 2. The van der Waals surface area contributed by atoms with Crippen LogP contribution in [-0.2, 0) is 14.3 Å². The largest absolute Gasteiger partial charge is 0.394 e. The average Bonchev–Trinajstić information content (AvgIpc) is 3.39. The van der Waals surface area contributed by atoms with Crippen molar-refractivity contribution >= 4 is 5.91 Å². The maximum absolute atomic E-state index is 13.1. The summed E-state index contributed by atoms with van der Waals surface area (Å²) in [5, 5.41) is 75.8. The van der Waals surface area contributed by atoms with Crippen molar-refractivity contribution in [3.8, 4) is 0 Å². The summed E-state index contributed by atoms with van der Waals surface area (Å²) in [6.45, 7) is 3.42. The van der Waals surface area contributed by atoms with E-state index in [4.69, 9.17) is 9.47 Å². The molecule has 1 aliphatic heterocycles. The summed E-state index contributed by atoms with van der Waals surface area (Å²) in [7, 11) is 0. The predicted molar refractivity (Wildman–Crippen MR) is 302 cm³/mol. The van der Waals surface area contributed by atoms with Gasteiger partial charge in [-0.2, -0.15) is 0 Å². The number of carbonyl (C=O) groups excluding carboxylic acids is 1. The van der Waals surface area contributed by atoms with E-state index in [1.807, 2.05) is 0 Å². The minimum absolute atomic E-state index is 0.257. The molecule has 1 saturated heterocycles. The van der Waals surface area contributed by atoms with Gasteiger partial charge in [-0.05, 0) is 64.2 Å². The van der Waals surface area contributed by atoms with Crippen LogP contribution in [0.4, 0.5) is 0 Å². The Morgan fingerprint density at radius 2 is 0.808 bits per heavy atom. The van der Waals surface area contributed by atoms with Crippen LogP contribution in [0.15, 0.2) is 24.3 Å². The molecule has 0 aromatic heterocycles. The highest BCUT2D eigenvalue weighted by Gasteiger charge is 2.44. The molecular weight excluding hydrogens is 919 g/mol. The van der Waals surface area contributed by atoms with Crippen LogP contribution in [0.2, 0.25) is 0 Å². The van der Waals surface area contributed by atoms with Gasteiger partial charge in [0.25, 0.3) is 0 Å². The van der Waals surface area contributed by atoms with E-state index < -0.39 is 74.2 Å². The van der Waals surface area contributed by atoms with Gasteiger partial charge >= 0.3 is 0 Å². The van der Waals surface area contributed by atoms with Crippen LogP contribution in [-0.4, -0.2) is 110 Å². The van der Waals surface area contributed by atoms with E-state index in [-0.39, 0.29) is 12.8 Å². The molecule has 1 rings (SSSR count). The molecule has 0 spiro atoms. The second-order valence-electron chi connectivity index (χ2n) is 22.1. The van der Waals surface area contributed by atoms with Crippen LogP contribution in [0, 0.1) is 0 Å². The number of amides is 1. The highest BCUT2D eigenvalue weighted by Crippen LogP contribution is 2.23. The minimum atomic E-state index is -1.67. The minimum Gasteiger partial charge on any atom is -0.394 e. The number of unbranched alkanes of at least 4 members (excludes halogenated alkanes) is 38. The number of allylic oxidation sites excluding steroid dienone is 4. The van der Waals surface area contributed by atoms with Crippen molar-refractivity contribution in [3.63, 3.8) is 0 Å². The number of rotatable bonds is 54. The molecule has 0 bridgehead atoms. The van der Waals surface area contributed by atoms with E-state index in [0.29, 0.717) is 12.8 Å². The Morgan fingerprint density at radius 1 is 0.466 bits per heavy atom. The Morgan fingerprint density at radius 3 is 1.18 bits per heavy atom. The fourth-order valence-electron chi connectivity index (χ4n) is 10.1. The maximum atomic E-state index is 13.1. The first-order chi connectivity index (χ1) is 35.7. The number of aliphatic hydroxyl groups is 7. The van der Waals surface area contributed by atoms with Gasteiger partial charge in [-0.1, -0.05) is 256 Å². The number of hydrogen-bond donors (Lipinski definition) is 8. The molecule has 73 heavy (non-hydrogen) atoms. The number of carbonyl (C=O) groups is 1. The Kier molecular flexibility index (Phi) is 49.0. The summed E-state index contributed by atoms with van der Waals surface area (Å²) in [5.74, 6) is -0.704. The molecule has 11 heteroatoms. The molecule has 0 aliphatic carbocycles. The molecule has 0 radical (unpaired) electrons. The van der Waals surface area contributed by atoms with Gasteiger partial charge < -0.3 is 50.5 Å². The fourth-order valence-corrected chi connectivity index (χ4v) is 10.1. The summed E-state index contributed by atoms with van der Waals surface area (Å²) in [5.41, 5.74) is 0. The van der Waals surface area contributed by atoms with Crippen LogP contribution >= 0.6 is 0 Å². The molecule has 1 fully saturated rings. The normalized spacial score (nSPS) is 20.0. The van der Waals surface area contributed by atoms with Crippen molar-refractivity contribution in [2.75, 3.05) is 13.2 Å². The Balaban J connectivity index is 2.10. The summed E-state index contributed by atoms with van der Waals surface area (Å²) < 4.78 is 11.1. The Bertz CT molecular complexity index is 1240. The zero-order valence-corrected chi connectivity index (χ0v) is 47.4. The van der Waals surface area contributed by atoms with E-state index in [9.17, 15) is 40.5 Å². The average molecular weight is 1040 g/mol. The van der Waals surface area contributed by atoms with E-state index >= 15 is 0 Å². The second kappa shape index (κ2) is 51.4. The van der Waals surface area contributed by atoms with Crippen molar-refractivity contribution in [1.82, 2.24) is 5.32 Å². The third kappa shape index (κ3) is 39.6. The topological polar surface area (TPSA) is 189 Å². The second-order valence-corrected chi connectivity index (χ2v) is 22.1. The zero-order chi connectivity index (χ0) is 53.3. The molecule has 0 aromatic carbocycles. The lowest BCUT2D eigenvalue weighted by Crippen LogP contribution is -2.60. The highest BCUT2D eigenvalue weighted by atomic mass is 16.7. The third-order valence-electron chi connectivity index (χ3n) is 15.2. The van der Waals surface area contributed by atoms with Crippen molar-refractivity contribution in [2.45, 2.75) is 351 Å². The van der Waals surface area contributed by atoms with Gasteiger partial charge in [0.1, 0.15) is 36.6 Å². The predicted octanol–water partition coefficient (Wildman–Crippen LogP) is 13.7. The summed E-state index contributed by atoms with van der Waals surface area (Å²) in [4.78, 5) is 13.1. The summed E-state index contributed by atoms with van der Waals surface area (Å²) in [6, 6.07) is -1.18. The van der Waals surface area contributed by atoms with E-state index in [1.54, 1.807) is 0 Å². The van der Waals surface area contributed by atoms with Gasteiger partial charge in [-0.3, -0.25) is 4.79 Å². The van der Waals surface area contributed by atoms with Gasteiger partial charge in [0.2, 0.25) is 5.91 Å². The molecule has 1 aliphatic rings. The van der Waals surface area contributed by atoms with Gasteiger partial charge in [0.05, 0.1) is 25.4 Å². The Hall–Kier alpha value is -1.41. The lowest BCUT2D eigenvalue weighted by molar-refractivity contribution is -0.303. The van der Waals surface area contributed by atoms with Gasteiger partial charge in [-0.15, -0.1) is 0 Å². The Labute approximate surface area is 448 Å². The quantitative estimate of drug-likeness (QED) is 0.0215. The summed E-state index contributed by atoms with van der Waals surface area (Å²) >= 11 is 0. The zero-order valence-electron chi connectivity index (χ0n) is 47.4. The SMILES string of the molecule is CCCCCCC/C=C/CCCC(O)C(O)C(COC1OC(CO)C(O)C(O)C1O)NC(=O)C(O)CCCCCCCCCCCCCCCCCC/C=C\CCCCCCCCCCCCCCCCCC. The van der Waals surface area contributed by atoms with Crippen molar-refractivity contribution in [2.24, 2.45) is 0 Å². The third-order valence-corrected chi connectivity index (χ3v) is 15.2. The number of hydrogen-bond acceptors (Lipinski definition) is 10. The van der Waals surface area contributed by atoms with Crippen LogP contribution in [0.1, 0.15) is 296 Å². The highest BCUT2D eigenvalue weighted by molar-refractivity contribution is 5.80. The molecule has 0 aromatic rings. The van der Waals surface area contributed by atoms with Crippen LogP contribution in [0.3, 0.4) is 0 Å². The molecule has 0 saturated carbocycles. The fraction of sp³-hybridized carbons (Fsp3) is 0.919. The molecule has 8 N–H and O–H groups in total. The molecule has 1 heterocycles. The maximum Gasteiger partial charge on any atom is 0.249 e. The standard InChI is InChI=1S/C62H119NO10/c1-3-5-7-9-11-13-15-16-17-18-19-20-21-22-23-24-25-26-27-28-29-30-31-32-33-34-35-36-37-38-39-40-42-44-46-48-50-55(66)61(71)63-53(52-72-62-60(70)59(69)58(68)56(51-64)73-62)57(67)54(65)49-47-45-43-41-14-12-10-8-6-4-2/h26-27,41,43,53-60,62,64-70H,3-25,28-40,42,44-52H2,1-2H3,(H,63,71)/b27-26-,43-41+. The molecule has 432 valence electrons. The number of nitrogens with one attached hydrogen (secondary N) is 1. The van der Waals surface area contributed by atoms with Crippen LogP contribution in [0.25, 0.3) is 0 Å². The van der Waals surface area contributed by atoms with Gasteiger partial charge in [0, 0.05) is 0 Å². The first kappa shape index (κ1) is 69.6. The van der Waals surface area contributed by atoms with Crippen molar-refractivity contribution in [3.05, 3.63) is 24.3 Å². The monoisotopic (exact) mass is 1040 g/mol. The molecule has 11 nitrogen and oxygen atoms in total. The van der Waals surface area contributed by atoms with Gasteiger partial charge in [-0.25, -0.2) is 0 Å². The van der Waals surface area contributed by atoms with E-state index in [1.165, 1.54) is 218 Å². The lowest BCUT2D eigenvalue weighted by Gasteiger charge is -2.40. The molecule has 1 amide bonds. The van der Waals surface area contributed by atoms with Crippen LogP contribution < -0.4 is 5.32 Å². The summed E-state index contributed by atoms with van der Waals surface area (Å²) in [6.07, 6.45) is 51.6. The van der Waals surface area contributed by atoms with Crippen molar-refractivity contribution < 1.29 is 50.0 Å². The van der Waals surface area contributed by atoms with E-state index in [2.05, 4.69) is 43.5 Å². The lowest BCUT2D eigenvalue weighted by atomic mass is 9.98.